The highest BCUT2D eigenvalue weighted by atomic mass is 32.2. The fourth-order valence-electron chi connectivity index (χ4n) is 4.58. The average Bonchev–Trinajstić information content (AvgIpc) is 2.82. The van der Waals surface area contributed by atoms with Crippen LogP contribution in [0.25, 0.3) is 0 Å². The highest BCUT2D eigenvalue weighted by molar-refractivity contribution is 7.98. The topological polar surface area (TPSA) is 29.5 Å². The van der Waals surface area contributed by atoms with E-state index in [1.165, 1.54) is 17.6 Å². The van der Waals surface area contributed by atoms with Crippen LogP contribution in [0.3, 0.4) is 0 Å². The number of esters is 1. The SMILES string of the molecule is COC(=O)[C@@]12CN(Cc3ccc(SC)cc3)C[C@@H]1C(C)(C)C2. The Kier molecular flexibility index (Phi) is 4.02. The average molecular weight is 319 g/mol. The molecule has 120 valence electrons. The van der Waals surface area contributed by atoms with E-state index in [9.17, 15) is 4.79 Å². The van der Waals surface area contributed by atoms with Gasteiger partial charge in [-0.2, -0.15) is 0 Å². The molecule has 4 heteroatoms. The number of thioether (sulfide) groups is 1. The third kappa shape index (κ3) is 2.46. The van der Waals surface area contributed by atoms with Crippen molar-refractivity contribution >= 4 is 17.7 Å². The van der Waals surface area contributed by atoms with Crippen molar-refractivity contribution in [3.8, 4) is 0 Å². The van der Waals surface area contributed by atoms with Crippen LogP contribution in [-0.2, 0) is 16.1 Å². The zero-order valence-electron chi connectivity index (χ0n) is 13.9. The van der Waals surface area contributed by atoms with Gasteiger partial charge in [0.2, 0.25) is 0 Å². The number of benzene rings is 1. The van der Waals surface area contributed by atoms with Gasteiger partial charge in [-0.1, -0.05) is 26.0 Å². The lowest BCUT2D eigenvalue weighted by Crippen LogP contribution is -2.57. The Bertz CT molecular complexity index is 569. The van der Waals surface area contributed by atoms with E-state index in [1.54, 1.807) is 11.8 Å². The number of methoxy groups -OCH3 is 1. The Morgan fingerprint density at radius 3 is 2.59 bits per heavy atom. The molecule has 1 aromatic carbocycles. The Morgan fingerprint density at radius 1 is 1.36 bits per heavy atom. The summed E-state index contributed by atoms with van der Waals surface area (Å²) in [6, 6.07) is 8.74. The third-order valence-electron chi connectivity index (χ3n) is 5.49. The Balaban J connectivity index is 1.73. The van der Waals surface area contributed by atoms with Crippen molar-refractivity contribution in [1.29, 1.82) is 0 Å². The van der Waals surface area contributed by atoms with Crippen molar-refractivity contribution < 1.29 is 9.53 Å². The Labute approximate surface area is 137 Å². The molecule has 1 aliphatic heterocycles. The molecule has 1 heterocycles. The van der Waals surface area contributed by atoms with Crippen molar-refractivity contribution in [3.05, 3.63) is 29.8 Å². The van der Waals surface area contributed by atoms with Gasteiger partial charge in [0, 0.05) is 24.5 Å². The lowest BCUT2D eigenvalue weighted by Gasteiger charge is -2.54. The third-order valence-corrected chi connectivity index (χ3v) is 6.23. The molecule has 1 aliphatic carbocycles. The Morgan fingerprint density at radius 2 is 2.05 bits per heavy atom. The maximum atomic E-state index is 12.3. The first kappa shape index (κ1) is 15.9. The maximum absolute atomic E-state index is 12.3. The summed E-state index contributed by atoms with van der Waals surface area (Å²) in [5, 5.41) is 0. The Hall–Kier alpha value is -1.00. The molecule has 0 bridgehead atoms. The fourth-order valence-corrected chi connectivity index (χ4v) is 4.99. The molecule has 3 rings (SSSR count). The molecule has 0 radical (unpaired) electrons. The molecule has 2 aliphatic rings. The second kappa shape index (κ2) is 5.57. The molecule has 0 spiro atoms. The lowest BCUT2D eigenvalue weighted by atomic mass is 9.48. The van der Waals surface area contributed by atoms with Crippen LogP contribution < -0.4 is 0 Å². The van der Waals surface area contributed by atoms with Gasteiger partial charge in [-0.15, -0.1) is 11.8 Å². The van der Waals surface area contributed by atoms with Crippen molar-refractivity contribution in [2.45, 2.75) is 31.7 Å². The van der Waals surface area contributed by atoms with Crippen molar-refractivity contribution in [3.63, 3.8) is 0 Å². The van der Waals surface area contributed by atoms with E-state index in [0.29, 0.717) is 5.92 Å². The highest BCUT2D eigenvalue weighted by Gasteiger charge is 2.67. The minimum absolute atomic E-state index is 0.0166. The second-order valence-corrected chi connectivity index (χ2v) is 8.26. The lowest BCUT2D eigenvalue weighted by molar-refractivity contribution is -0.174. The van der Waals surface area contributed by atoms with Crippen molar-refractivity contribution in [2.24, 2.45) is 16.7 Å². The molecule has 2 fully saturated rings. The smallest absolute Gasteiger partial charge is 0.313 e. The number of likely N-dealkylation sites (tertiary alicyclic amines) is 1. The van der Waals surface area contributed by atoms with Crippen LogP contribution in [0.4, 0.5) is 0 Å². The molecule has 1 aromatic rings. The first-order valence-electron chi connectivity index (χ1n) is 7.85. The van der Waals surface area contributed by atoms with Gasteiger partial charge in [-0.25, -0.2) is 0 Å². The molecule has 2 atom stereocenters. The number of fused-ring (bicyclic) bond motifs is 1. The first-order chi connectivity index (χ1) is 10.4. The summed E-state index contributed by atoms with van der Waals surface area (Å²) in [4.78, 5) is 16.0. The number of nitrogens with zero attached hydrogens (tertiary/aromatic N) is 1. The standard InChI is InChI=1S/C18H25NO2S/c1-17(2)11-18(16(20)21-3)12-19(10-15(17)18)9-13-5-7-14(22-4)8-6-13/h5-8,15H,9-12H2,1-4H3/t15-,18+/m1/s1. The molecule has 3 nitrogen and oxygen atoms in total. The van der Waals surface area contributed by atoms with E-state index >= 15 is 0 Å². The normalized spacial score (nSPS) is 29.7. The predicted octanol–water partition coefficient (Wildman–Crippen LogP) is 3.43. The molecule has 22 heavy (non-hydrogen) atoms. The largest absolute Gasteiger partial charge is 0.469 e. The van der Waals surface area contributed by atoms with Gasteiger partial charge in [0.05, 0.1) is 12.5 Å². The fraction of sp³-hybridized carbons (Fsp3) is 0.611. The number of hydrogen-bond acceptors (Lipinski definition) is 4. The van der Waals surface area contributed by atoms with Gasteiger partial charge in [0.25, 0.3) is 0 Å². The van der Waals surface area contributed by atoms with E-state index in [4.69, 9.17) is 4.74 Å². The summed E-state index contributed by atoms with van der Waals surface area (Å²) in [5.74, 6) is 0.398. The minimum Gasteiger partial charge on any atom is -0.469 e. The van der Waals surface area contributed by atoms with Crippen LogP contribution in [0.5, 0.6) is 0 Å². The van der Waals surface area contributed by atoms with Crippen molar-refractivity contribution in [1.82, 2.24) is 4.90 Å². The number of ether oxygens (including phenoxy) is 1. The van der Waals surface area contributed by atoms with Crippen molar-refractivity contribution in [2.75, 3.05) is 26.5 Å². The summed E-state index contributed by atoms with van der Waals surface area (Å²) >= 11 is 1.76. The minimum atomic E-state index is -0.266. The quantitative estimate of drug-likeness (QED) is 0.628. The maximum Gasteiger partial charge on any atom is 0.313 e. The molecular formula is C18H25NO2S. The molecule has 1 saturated heterocycles. The molecule has 1 saturated carbocycles. The summed E-state index contributed by atoms with van der Waals surface area (Å²) in [5.41, 5.74) is 1.29. The highest BCUT2D eigenvalue weighted by Crippen LogP contribution is 2.63. The van der Waals surface area contributed by atoms with Gasteiger partial charge < -0.3 is 4.74 Å². The van der Waals surface area contributed by atoms with E-state index in [-0.39, 0.29) is 16.8 Å². The molecule has 0 unspecified atom stereocenters. The van der Waals surface area contributed by atoms with Crippen LogP contribution in [0.1, 0.15) is 25.8 Å². The monoisotopic (exact) mass is 319 g/mol. The van der Waals surface area contributed by atoms with E-state index in [2.05, 4.69) is 49.3 Å². The van der Waals surface area contributed by atoms with Gasteiger partial charge in [0.15, 0.2) is 0 Å². The summed E-state index contributed by atoms with van der Waals surface area (Å²) in [6.45, 7) is 7.29. The number of rotatable bonds is 4. The molecular weight excluding hydrogens is 294 g/mol. The first-order valence-corrected chi connectivity index (χ1v) is 9.07. The predicted molar refractivity (Wildman–Crippen MR) is 89.8 cm³/mol. The molecule has 0 N–H and O–H groups in total. The molecule has 0 aromatic heterocycles. The van der Waals surface area contributed by atoms with Crippen LogP contribution in [0.2, 0.25) is 0 Å². The van der Waals surface area contributed by atoms with Gasteiger partial charge in [0.1, 0.15) is 0 Å². The number of carbonyl (C=O) groups is 1. The summed E-state index contributed by atoms with van der Waals surface area (Å²) < 4.78 is 5.11. The van der Waals surface area contributed by atoms with Gasteiger partial charge in [-0.05, 0) is 41.7 Å². The van der Waals surface area contributed by atoms with Crippen LogP contribution >= 0.6 is 11.8 Å². The van der Waals surface area contributed by atoms with Crippen LogP contribution in [-0.4, -0.2) is 37.3 Å². The second-order valence-electron chi connectivity index (χ2n) is 7.38. The number of hydrogen-bond donors (Lipinski definition) is 0. The summed E-state index contributed by atoms with van der Waals surface area (Å²) in [6.07, 6.45) is 3.04. The van der Waals surface area contributed by atoms with Crippen LogP contribution in [0.15, 0.2) is 29.2 Å². The summed E-state index contributed by atoms with van der Waals surface area (Å²) in [7, 11) is 1.52. The zero-order valence-corrected chi connectivity index (χ0v) is 14.7. The van der Waals surface area contributed by atoms with Crippen LogP contribution in [0, 0.1) is 16.7 Å². The van der Waals surface area contributed by atoms with E-state index in [1.807, 2.05) is 0 Å². The van der Waals surface area contributed by atoms with Gasteiger partial charge in [-0.3, -0.25) is 9.69 Å². The van der Waals surface area contributed by atoms with E-state index in [0.717, 1.165) is 26.1 Å². The molecule has 0 amide bonds. The van der Waals surface area contributed by atoms with Gasteiger partial charge >= 0.3 is 5.97 Å². The zero-order chi connectivity index (χ0) is 16.0. The number of carbonyl (C=O) groups excluding carboxylic acids is 1. The van der Waals surface area contributed by atoms with E-state index < -0.39 is 0 Å².